The second kappa shape index (κ2) is 11.4. The Bertz CT molecular complexity index is 1080. The highest BCUT2D eigenvalue weighted by Crippen LogP contribution is 2.39. The maximum absolute atomic E-state index is 12.8. The van der Waals surface area contributed by atoms with Gasteiger partial charge < -0.3 is 15.8 Å². The van der Waals surface area contributed by atoms with E-state index < -0.39 is 10.2 Å². The first-order valence-electron chi connectivity index (χ1n) is 13.7. The van der Waals surface area contributed by atoms with Crippen LogP contribution in [0.4, 0.5) is 0 Å². The molecule has 0 radical (unpaired) electrons. The molecular weight excluding hydrogens is 476 g/mol. The van der Waals surface area contributed by atoms with E-state index in [2.05, 4.69) is 37.8 Å². The van der Waals surface area contributed by atoms with Crippen molar-refractivity contribution in [2.75, 3.05) is 26.2 Å². The molecular formula is C26H40N6O3S. The Balaban J connectivity index is 1.18. The van der Waals surface area contributed by atoms with Crippen LogP contribution in [0.5, 0.6) is 5.75 Å². The number of fused-ring (bicyclic) bond motifs is 1. The average Bonchev–Trinajstić information content (AvgIpc) is 2.88. The standard InChI is InChI=1S/C26H40N6O3S/c27-25-29-26(32(36(33,34)30-25)20-10-3-1-4-11-20)28-16-9-19-35-24-15-8-12-21-22(24)13-7-14-23(21)31-17-5-2-6-18-31/h8,12,15,20,23H,1-7,9-11,13-14,16-19H2,(H3,27,28,29,30). The van der Waals surface area contributed by atoms with Gasteiger partial charge in [0, 0.05) is 18.6 Å². The van der Waals surface area contributed by atoms with E-state index in [1.165, 1.54) is 60.6 Å². The Hall–Kier alpha value is -2.33. The molecule has 4 aliphatic rings. The second-order valence-electron chi connectivity index (χ2n) is 10.4. The predicted octanol–water partition coefficient (Wildman–Crippen LogP) is 3.47. The third kappa shape index (κ3) is 5.64. The number of nitrogens with zero attached hydrogens (tertiary/aromatic N) is 4. The molecule has 9 nitrogen and oxygen atoms in total. The zero-order chi connectivity index (χ0) is 25.0. The highest BCUT2D eigenvalue weighted by Gasteiger charge is 2.36. The Labute approximate surface area is 215 Å². The van der Waals surface area contributed by atoms with Crippen LogP contribution in [0.15, 0.2) is 27.6 Å². The minimum atomic E-state index is -3.86. The van der Waals surface area contributed by atoms with Gasteiger partial charge in [-0.1, -0.05) is 37.8 Å². The molecule has 1 atom stereocenters. The van der Waals surface area contributed by atoms with E-state index in [1.807, 2.05) is 0 Å². The number of benzene rings is 1. The van der Waals surface area contributed by atoms with Crippen molar-refractivity contribution >= 4 is 22.1 Å². The number of piperidine rings is 1. The van der Waals surface area contributed by atoms with Gasteiger partial charge in [0.1, 0.15) is 5.75 Å². The SMILES string of the molecule is NC1=NS(=O)(=O)N(C2CCCCC2)C(NCCCOc2cccc3c2CCCC3N2CCCCC2)=N1. The summed E-state index contributed by atoms with van der Waals surface area (Å²) in [6.07, 6.45) is 13.0. The summed E-state index contributed by atoms with van der Waals surface area (Å²) in [6, 6.07) is 6.90. The van der Waals surface area contributed by atoms with Crippen LogP contribution in [0.1, 0.15) is 87.8 Å². The molecule has 1 saturated heterocycles. The van der Waals surface area contributed by atoms with Gasteiger partial charge in [0.25, 0.3) is 0 Å². The van der Waals surface area contributed by atoms with E-state index in [9.17, 15) is 8.42 Å². The van der Waals surface area contributed by atoms with E-state index in [4.69, 9.17) is 10.5 Å². The molecule has 198 valence electrons. The highest BCUT2D eigenvalue weighted by atomic mass is 32.2. The number of nitrogens with one attached hydrogen (secondary N) is 1. The number of hydrogen-bond acceptors (Lipinski definition) is 7. The van der Waals surface area contributed by atoms with Crippen molar-refractivity contribution in [2.24, 2.45) is 15.1 Å². The van der Waals surface area contributed by atoms with Gasteiger partial charge in [-0.05, 0) is 81.6 Å². The molecule has 0 spiro atoms. The van der Waals surface area contributed by atoms with Crippen LogP contribution in [0.2, 0.25) is 0 Å². The minimum Gasteiger partial charge on any atom is -0.493 e. The largest absolute Gasteiger partial charge is 0.493 e. The molecule has 2 aliphatic carbocycles. The molecule has 2 aliphatic heterocycles. The monoisotopic (exact) mass is 516 g/mol. The van der Waals surface area contributed by atoms with Crippen molar-refractivity contribution in [3.8, 4) is 5.75 Å². The molecule has 2 heterocycles. The number of guanidine groups is 2. The molecule has 1 saturated carbocycles. The van der Waals surface area contributed by atoms with Gasteiger partial charge in [-0.2, -0.15) is 13.4 Å². The van der Waals surface area contributed by atoms with Crippen LogP contribution in [0.3, 0.4) is 0 Å². The topological polar surface area (TPSA) is 113 Å². The van der Waals surface area contributed by atoms with Gasteiger partial charge in [0.05, 0.1) is 6.61 Å². The molecule has 2 fully saturated rings. The minimum absolute atomic E-state index is 0.119. The summed E-state index contributed by atoms with van der Waals surface area (Å²) in [6.45, 7) is 3.49. The number of likely N-dealkylation sites (tertiary alicyclic amines) is 1. The summed E-state index contributed by atoms with van der Waals surface area (Å²) in [5.41, 5.74) is 8.52. The third-order valence-corrected chi connectivity index (χ3v) is 9.30. The van der Waals surface area contributed by atoms with Gasteiger partial charge in [-0.15, -0.1) is 4.40 Å². The summed E-state index contributed by atoms with van der Waals surface area (Å²) in [5, 5.41) is 3.20. The lowest BCUT2D eigenvalue weighted by atomic mass is 9.85. The Kier molecular flexibility index (Phi) is 8.00. The molecule has 1 aromatic carbocycles. The van der Waals surface area contributed by atoms with Crippen LogP contribution >= 0.6 is 0 Å². The summed E-state index contributed by atoms with van der Waals surface area (Å²) >= 11 is 0. The fraction of sp³-hybridized carbons (Fsp3) is 0.692. The van der Waals surface area contributed by atoms with Crippen molar-refractivity contribution in [2.45, 2.75) is 89.1 Å². The number of ether oxygens (including phenoxy) is 1. The highest BCUT2D eigenvalue weighted by molar-refractivity contribution is 7.88. The fourth-order valence-electron chi connectivity index (χ4n) is 6.23. The van der Waals surface area contributed by atoms with Crippen molar-refractivity contribution in [1.82, 2.24) is 14.5 Å². The van der Waals surface area contributed by atoms with Gasteiger partial charge in [-0.3, -0.25) is 4.90 Å². The van der Waals surface area contributed by atoms with Gasteiger partial charge in [-0.25, -0.2) is 4.31 Å². The molecule has 1 aromatic rings. The Morgan fingerprint density at radius 3 is 2.61 bits per heavy atom. The molecule has 36 heavy (non-hydrogen) atoms. The number of rotatable bonds is 7. The van der Waals surface area contributed by atoms with Crippen molar-refractivity contribution in [3.05, 3.63) is 29.3 Å². The van der Waals surface area contributed by atoms with Gasteiger partial charge in [0.15, 0.2) is 0 Å². The summed E-state index contributed by atoms with van der Waals surface area (Å²) < 4.78 is 36.7. The first-order chi connectivity index (χ1) is 17.5. The molecule has 3 N–H and O–H groups in total. The predicted molar refractivity (Wildman–Crippen MR) is 142 cm³/mol. The summed E-state index contributed by atoms with van der Waals surface area (Å²) in [5.74, 6) is 1.06. The summed E-state index contributed by atoms with van der Waals surface area (Å²) in [4.78, 5) is 6.90. The van der Waals surface area contributed by atoms with E-state index >= 15 is 0 Å². The van der Waals surface area contributed by atoms with E-state index in [-0.39, 0.29) is 18.0 Å². The van der Waals surface area contributed by atoms with Gasteiger partial charge in [0.2, 0.25) is 11.9 Å². The number of nitrogens with two attached hydrogens (primary N) is 1. The van der Waals surface area contributed by atoms with Gasteiger partial charge >= 0.3 is 10.2 Å². The van der Waals surface area contributed by atoms with Crippen LogP contribution in [0, 0.1) is 0 Å². The van der Waals surface area contributed by atoms with Crippen LogP contribution in [-0.4, -0.2) is 61.8 Å². The quantitative estimate of drug-likeness (QED) is 0.537. The average molecular weight is 517 g/mol. The van der Waals surface area contributed by atoms with Crippen molar-refractivity contribution in [3.63, 3.8) is 0 Å². The lowest BCUT2D eigenvalue weighted by Crippen LogP contribution is -2.53. The Morgan fingerprint density at radius 2 is 1.81 bits per heavy atom. The van der Waals surface area contributed by atoms with Crippen molar-refractivity contribution < 1.29 is 13.2 Å². The second-order valence-corrected chi connectivity index (χ2v) is 11.9. The molecule has 0 amide bonds. The smallest absolute Gasteiger partial charge is 0.350 e. The van der Waals surface area contributed by atoms with E-state index in [0.29, 0.717) is 25.6 Å². The first-order valence-corrected chi connectivity index (χ1v) is 15.1. The maximum atomic E-state index is 12.8. The van der Waals surface area contributed by atoms with Crippen LogP contribution in [-0.2, 0) is 16.6 Å². The van der Waals surface area contributed by atoms with Crippen LogP contribution in [0.25, 0.3) is 0 Å². The van der Waals surface area contributed by atoms with E-state index in [0.717, 1.165) is 44.3 Å². The van der Waals surface area contributed by atoms with E-state index in [1.54, 1.807) is 0 Å². The first kappa shape index (κ1) is 25.3. The molecule has 1 unspecified atom stereocenters. The lowest BCUT2D eigenvalue weighted by molar-refractivity contribution is 0.147. The van der Waals surface area contributed by atoms with Crippen molar-refractivity contribution in [1.29, 1.82) is 0 Å². The van der Waals surface area contributed by atoms with Crippen LogP contribution < -0.4 is 15.8 Å². The number of hydrogen-bond donors (Lipinski definition) is 2. The normalized spacial score (nSPS) is 25.0. The fourth-order valence-corrected chi connectivity index (χ4v) is 7.51. The zero-order valence-electron chi connectivity index (χ0n) is 21.2. The molecule has 10 heteroatoms. The Morgan fingerprint density at radius 1 is 1.03 bits per heavy atom. The molecule has 0 bridgehead atoms. The molecule has 0 aromatic heterocycles. The lowest BCUT2D eigenvalue weighted by Gasteiger charge is -2.38. The summed E-state index contributed by atoms with van der Waals surface area (Å²) in [7, 11) is -3.86. The number of aliphatic imine (C=N–C) groups is 1. The molecule has 5 rings (SSSR count). The third-order valence-electron chi connectivity index (χ3n) is 7.92. The maximum Gasteiger partial charge on any atom is 0.350 e. The zero-order valence-corrected chi connectivity index (χ0v) is 22.0.